The maximum Gasteiger partial charge on any atom is 1.00 e. The van der Waals surface area contributed by atoms with Gasteiger partial charge in [0.15, 0.2) is 5.58 Å². The van der Waals surface area contributed by atoms with Crippen molar-refractivity contribution in [3.8, 4) is 28.3 Å². The first-order valence-electron chi connectivity index (χ1n) is 10.1. The number of fused-ring (bicyclic) bond motifs is 1. The molecule has 0 saturated heterocycles. The first-order chi connectivity index (χ1) is 14.7. The normalized spacial score (nSPS) is 10.6. The Hall–Kier alpha value is -2.60. The number of rotatable bonds is 9. The predicted octanol–water partition coefficient (Wildman–Crippen LogP) is 1.85. The van der Waals surface area contributed by atoms with E-state index in [9.17, 15) is 9.90 Å². The second kappa shape index (κ2) is 11.1. The van der Waals surface area contributed by atoms with Gasteiger partial charge in [-0.2, -0.15) is 0 Å². The average Bonchev–Trinajstić information content (AvgIpc) is 3.21. The van der Waals surface area contributed by atoms with Crippen LogP contribution in [0.5, 0.6) is 5.75 Å². The van der Waals surface area contributed by atoms with Crippen molar-refractivity contribution in [1.29, 1.82) is 0 Å². The smallest absolute Gasteiger partial charge is 0.550 e. The first kappa shape index (κ1) is 23.1. The molecular weight excluding hydrogens is 401 g/mol. The Morgan fingerprint density at radius 2 is 1.48 bits per heavy atom. The van der Waals surface area contributed by atoms with E-state index >= 15 is 0 Å². The number of carbonyl (C=O) groups is 1. The van der Waals surface area contributed by atoms with Gasteiger partial charge in [-0.3, -0.25) is 0 Å². The molecule has 3 aromatic carbocycles. The number of para-hydroxylation sites is 2. The van der Waals surface area contributed by atoms with Crippen LogP contribution in [0.1, 0.15) is 25.7 Å². The molecule has 1 aromatic heterocycles. The van der Waals surface area contributed by atoms with Crippen molar-refractivity contribution in [1.82, 2.24) is 4.98 Å². The molecule has 0 radical (unpaired) electrons. The number of carboxylic acids is 1. The summed E-state index contributed by atoms with van der Waals surface area (Å²) in [7, 11) is 0. The second-order valence-corrected chi connectivity index (χ2v) is 7.12. The van der Waals surface area contributed by atoms with Gasteiger partial charge in [0.05, 0.1) is 6.61 Å². The van der Waals surface area contributed by atoms with Gasteiger partial charge in [-0.15, -0.1) is 0 Å². The van der Waals surface area contributed by atoms with E-state index in [1.807, 2.05) is 60.7 Å². The Morgan fingerprint density at radius 3 is 2.16 bits per heavy atom. The minimum Gasteiger partial charge on any atom is -0.550 e. The Labute approximate surface area is 203 Å². The van der Waals surface area contributed by atoms with Gasteiger partial charge in [0, 0.05) is 11.5 Å². The summed E-state index contributed by atoms with van der Waals surface area (Å²) < 4.78 is 11.6. The molecule has 0 saturated carbocycles. The summed E-state index contributed by atoms with van der Waals surface area (Å²) in [5.74, 6) is 0.432. The summed E-state index contributed by atoms with van der Waals surface area (Å²) in [5.41, 5.74) is 4.77. The molecule has 31 heavy (non-hydrogen) atoms. The molecule has 6 heteroatoms. The van der Waals surface area contributed by atoms with E-state index in [0.717, 1.165) is 46.4 Å². The minimum absolute atomic E-state index is 0. The molecule has 0 fully saturated rings. The number of ether oxygens (including phenoxy) is 1. The number of hydrogen-bond acceptors (Lipinski definition) is 5. The summed E-state index contributed by atoms with van der Waals surface area (Å²) >= 11 is 0. The van der Waals surface area contributed by atoms with Crippen LogP contribution in [-0.4, -0.2) is 17.6 Å². The Kier molecular flexibility index (Phi) is 8.29. The van der Waals surface area contributed by atoms with Gasteiger partial charge in [-0.25, -0.2) is 4.98 Å². The summed E-state index contributed by atoms with van der Waals surface area (Å²) in [6, 6.07) is 23.8. The van der Waals surface area contributed by atoms with Crippen LogP contribution in [0.25, 0.3) is 33.7 Å². The van der Waals surface area contributed by atoms with Crippen molar-refractivity contribution in [2.45, 2.75) is 25.7 Å². The number of nitrogens with zero attached hydrogens (tertiary/aromatic N) is 1. The molecule has 0 aliphatic heterocycles. The zero-order chi connectivity index (χ0) is 20.8. The van der Waals surface area contributed by atoms with Crippen LogP contribution in [-0.2, 0) is 4.79 Å². The number of aromatic nitrogens is 1. The van der Waals surface area contributed by atoms with Crippen LogP contribution in [0.3, 0.4) is 0 Å². The van der Waals surface area contributed by atoms with Gasteiger partial charge < -0.3 is 19.1 Å². The van der Waals surface area contributed by atoms with Crippen LogP contribution in [0.4, 0.5) is 0 Å². The van der Waals surface area contributed by atoms with E-state index in [-0.39, 0.29) is 36.0 Å². The SMILES string of the molecule is O=C([O-])CCCCCOc1ccc(-c2ccc(-c3nc4ccccc4o3)cc2)cc1.[Na+]. The molecule has 5 nitrogen and oxygen atoms in total. The molecule has 4 aromatic rings. The maximum absolute atomic E-state index is 10.4. The second-order valence-electron chi connectivity index (χ2n) is 7.12. The number of oxazole rings is 1. The standard InChI is InChI=1S/C25H23NO4.Na/c27-24(28)8-2-1-5-17-29-21-15-13-19(14-16-21)18-9-11-20(12-10-18)25-26-22-6-3-4-7-23(22)30-25;/h3-4,6-7,9-16H,1-2,5,8,17H2,(H,27,28);/q;+1/p-1. The quantitative estimate of drug-likeness (QED) is 0.303. The Morgan fingerprint density at radius 1 is 0.839 bits per heavy atom. The zero-order valence-electron chi connectivity index (χ0n) is 17.5. The number of carbonyl (C=O) groups excluding carboxylic acids is 1. The monoisotopic (exact) mass is 423 g/mol. The Balaban J connectivity index is 0.00000272. The van der Waals surface area contributed by atoms with Crippen LogP contribution < -0.4 is 39.4 Å². The molecule has 0 unspecified atom stereocenters. The molecule has 0 N–H and O–H groups in total. The summed E-state index contributed by atoms with van der Waals surface area (Å²) in [5, 5.41) is 10.4. The third-order valence-corrected chi connectivity index (χ3v) is 4.91. The first-order valence-corrected chi connectivity index (χ1v) is 10.1. The molecule has 1 heterocycles. The van der Waals surface area contributed by atoms with E-state index in [1.54, 1.807) is 0 Å². The van der Waals surface area contributed by atoms with Gasteiger partial charge in [0.1, 0.15) is 11.3 Å². The predicted molar refractivity (Wildman–Crippen MR) is 114 cm³/mol. The summed E-state index contributed by atoms with van der Waals surface area (Å²) in [6.45, 7) is 0.575. The van der Waals surface area contributed by atoms with E-state index in [4.69, 9.17) is 9.15 Å². The Bertz CT molecular complexity index is 1090. The fraction of sp³-hybridized carbons (Fsp3) is 0.200. The van der Waals surface area contributed by atoms with Crippen molar-refractivity contribution >= 4 is 17.1 Å². The molecule has 0 spiro atoms. The van der Waals surface area contributed by atoms with Crippen LogP contribution in [0, 0.1) is 0 Å². The summed E-state index contributed by atoms with van der Waals surface area (Å²) in [4.78, 5) is 14.9. The fourth-order valence-electron chi connectivity index (χ4n) is 3.28. The molecule has 152 valence electrons. The topological polar surface area (TPSA) is 75.4 Å². The maximum atomic E-state index is 10.4. The van der Waals surface area contributed by atoms with Gasteiger partial charge in [-0.1, -0.05) is 36.4 Å². The molecule has 0 aliphatic carbocycles. The van der Waals surface area contributed by atoms with Gasteiger partial charge >= 0.3 is 29.6 Å². The third-order valence-electron chi connectivity index (χ3n) is 4.91. The van der Waals surface area contributed by atoms with E-state index < -0.39 is 5.97 Å². The molecule has 0 atom stereocenters. The third kappa shape index (κ3) is 6.20. The van der Waals surface area contributed by atoms with Crippen molar-refractivity contribution in [3.63, 3.8) is 0 Å². The molecular formula is C25H22NNaO4. The number of aliphatic carboxylic acids is 1. The zero-order valence-corrected chi connectivity index (χ0v) is 19.5. The average molecular weight is 423 g/mol. The van der Waals surface area contributed by atoms with Crippen LogP contribution >= 0.6 is 0 Å². The largest absolute Gasteiger partial charge is 1.00 e. The minimum atomic E-state index is -0.992. The van der Waals surface area contributed by atoms with E-state index in [0.29, 0.717) is 18.9 Å². The van der Waals surface area contributed by atoms with Crippen molar-refractivity contribution < 1.29 is 48.6 Å². The molecule has 0 aliphatic rings. The molecule has 0 bridgehead atoms. The van der Waals surface area contributed by atoms with Crippen molar-refractivity contribution in [2.24, 2.45) is 0 Å². The molecule has 4 rings (SSSR count). The molecule has 0 amide bonds. The fourth-order valence-corrected chi connectivity index (χ4v) is 3.28. The number of benzene rings is 3. The van der Waals surface area contributed by atoms with Crippen LogP contribution in [0.2, 0.25) is 0 Å². The number of unbranched alkanes of at least 4 members (excludes halogenated alkanes) is 2. The number of hydrogen-bond donors (Lipinski definition) is 0. The van der Waals surface area contributed by atoms with Crippen molar-refractivity contribution in [3.05, 3.63) is 72.8 Å². The van der Waals surface area contributed by atoms with Gasteiger partial charge in [-0.05, 0) is 73.2 Å². The van der Waals surface area contributed by atoms with Gasteiger partial charge in [0.25, 0.3) is 0 Å². The van der Waals surface area contributed by atoms with Crippen LogP contribution in [0.15, 0.2) is 77.2 Å². The number of carboxylic acid groups (broad SMARTS) is 1. The van der Waals surface area contributed by atoms with E-state index in [1.165, 1.54) is 0 Å². The van der Waals surface area contributed by atoms with Crippen molar-refractivity contribution in [2.75, 3.05) is 6.61 Å². The van der Waals surface area contributed by atoms with Gasteiger partial charge in [0.2, 0.25) is 5.89 Å². The summed E-state index contributed by atoms with van der Waals surface area (Å²) in [6.07, 6.45) is 2.38. The van der Waals surface area contributed by atoms with E-state index in [2.05, 4.69) is 17.1 Å².